The molecule has 8 heteroatoms. The molecule has 0 bridgehead atoms. The number of nitrogens with zero attached hydrogens (tertiary/aromatic N) is 2. The average molecular weight is 264 g/mol. The van der Waals surface area contributed by atoms with E-state index in [0.717, 1.165) is 15.6 Å². The van der Waals surface area contributed by atoms with E-state index in [4.69, 9.17) is 0 Å². The number of esters is 1. The Balaban J connectivity index is 3.25. The Morgan fingerprint density at radius 3 is 2.75 bits per heavy atom. The smallest absolute Gasteiger partial charge is 0.358 e. The van der Waals surface area contributed by atoms with E-state index in [1.807, 2.05) is 0 Å². The Kier molecular flexibility index (Phi) is 4.00. The molecule has 0 atom stereocenters. The number of methoxy groups -OCH3 is 1. The maximum atomic E-state index is 12.0. The Labute approximate surface area is 97.9 Å². The van der Waals surface area contributed by atoms with Gasteiger partial charge < -0.3 is 4.74 Å². The average Bonchev–Trinajstić information content (AvgIpc) is 2.76. The lowest BCUT2D eigenvalue weighted by molar-refractivity contribution is 0.0590. The number of aromatic nitrogens is 1. The predicted molar refractivity (Wildman–Crippen MR) is 58.9 cm³/mol. The van der Waals surface area contributed by atoms with Gasteiger partial charge in [-0.2, -0.15) is 0 Å². The van der Waals surface area contributed by atoms with Crippen molar-refractivity contribution in [3.05, 3.63) is 11.2 Å². The van der Waals surface area contributed by atoms with Crippen LogP contribution >= 0.6 is 11.3 Å². The molecule has 0 spiro atoms. The summed E-state index contributed by atoms with van der Waals surface area (Å²) in [7, 11) is -1.02. The van der Waals surface area contributed by atoms with Crippen molar-refractivity contribution >= 4 is 27.3 Å². The van der Waals surface area contributed by atoms with Gasteiger partial charge in [0, 0.05) is 13.6 Å². The van der Waals surface area contributed by atoms with E-state index in [-0.39, 0.29) is 9.90 Å². The molecule has 0 aliphatic rings. The second-order valence-corrected chi connectivity index (χ2v) is 5.99. The monoisotopic (exact) mass is 264 g/mol. The highest BCUT2D eigenvalue weighted by atomic mass is 32.2. The molecular weight excluding hydrogens is 252 g/mol. The summed E-state index contributed by atoms with van der Waals surface area (Å²) in [6, 6.07) is 0. The highest BCUT2D eigenvalue weighted by Gasteiger charge is 2.29. The van der Waals surface area contributed by atoms with Crippen molar-refractivity contribution in [1.82, 2.24) is 9.29 Å². The molecule has 0 amide bonds. The molecule has 0 fully saturated rings. The first-order valence-corrected chi connectivity index (χ1v) is 6.75. The number of carbonyl (C=O) groups is 1. The second-order valence-electron chi connectivity index (χ2n) is 2.90. The van der Waals surface area contributed by atoms with Crippen LogP contribution in [0.25, 0.3) is 0 Å². The molecule has 6 nitrogen and oxygen atoms in total. The van der Waals surface area contributed by atoms with Crippen LogP contribution < -0.4 is 0 Å². The third-order valence-corrected chi connectivity index (χ3v) is 5.28. The van der Waals surface area contributed by atoms with Crippen LogP contribution in [-0.2, 0) is 14.8 Å². The lowest BCUT2D eigenvalue weighted by Crippen LogP contribution is -2.27. The molecule has 0 saturated carbocycles. The molecule has 0 aromatic carbocycles. The third kappa shape index (κ3) is 2.23. The van der Waals surface area contributed by atoms with Crippen LogP contribution in [0.4, 0.5) is 0 Å². The highest BCUT2D eigenvalue weighted by Crippen LogP contribution is 2.23. The van der Waals surface area contributed by atoms with Crippen molar-refractivity contribution in [2.45, 2.75) is 11.1 Å². The Hall–Kier alpha value is -0.990. The minimum atomic E-state index is -3.64. The molecule has 0 aliphatic carbocycles. The minimum Gasteiger partial charge on any atom is -0.464 e. The molecule has 0 saturated heterocycles. The van der Waals surface area contributed by atoms with Crippen LogP contribution in [0, 0.1) is 0 Å². The summed E-state index contributed by atoms with van der Waals surface area (Å²) in [5, 5.41) is 0. The number of sulfonamides is 1. The molecule has 90 valence electrons. The van der Waals surface area contributed by atoms with Crippen molar-refractivity contribution in [3.8, 4) is 0 Å². The number of carbonyl (C=O) groups excluding carboxylic acids is 1. The first-order valence-electron chi connectivity index (χ1n) is 4.43. The fourth-order valence-electron chi connectivity index (χ4n) is 0.963. The van der Waals surface area contributed by atoms with Gasteiger partial charge in [0.05, 0.1) is 12.6 Å². The van der Waals surface area contributed by atoms with Crippen LogP contribution in [0.5, 0.6) is 0 Å². The van der Waals surface area contributed by atoms with Gasteiger partial charge in [-0.25, -0.2) is 22.5 Å². The van der Waals surface area contributed by atoms with Gasteiger partial charge in [-0.15, -0.1) is 11.3 Å². The van der Waals surface area contributed by atoms with E-state index >= 15 is 0 Å². The SMILES string of the molecule is CCN(C)S(=O)(=O)c1scnc1C(=O)OC. The standard InChI is InChI=1S/C8H12N2O4S2/c1-4-10(2)16(12,13)8-6(7(11)14-3)9-5-15-8/h5H,4H2,1-3H3. The predicted octanol–water partition coefficient (Wildman–Crippen LogP) is 0.570. The Bertz CT molecular complexity index is 480. The molecule has 0 aliphatic heterocycles. The zero-order chi connectivity index (χ0) is 12.3. The lowest BCUT2D eigenvalue weighted by atomic mass is 10.5. The van der Waals surface area contributed by atoms with Crippen molar-refractivity contribution in [2.75, 3.05) is 20.7 Å². The zero-order valence-electron chi connectivity index (χ0n) is 9.13. The molecule has 1 aromatic heterocycles. The number of ether oxygens (including phenoxy) is 1. The second kappa shape index (κ2) is 4.89. The fraction of sp³-hybridized carbons (Fsp3) is 0.500. The van der Waals surface area contributed by atoms with Gasteiger partial charge in [-0.05, 0) is 0 Å². The third-order valence-electron chi connectivity index (χ3n) is 2.00. The topological polar surface area (TPSA) is 76.6 Å². The number of hydrogen-bond donors (Lipinski definition) is 0. The summed E-state index contributed by atoms with van der Waals surface area (Å²) < 4.78 is 29.4. The first-order chi connectivity index (χ1) is 7.45. The van der Waals surface area contributed by atoms with Crippen LogP contribution in [0.1, 0.15) is 17.4 Å². The van der Waals surface area contributed by atoms with E-state index in [1.54, 1.807) is 6.92 Å². The van der Waals surface area contributed by atoms with Crippen LogP contribution in [-0.4, -0.2) is 44.4 Å². The van der Waals surface area contributed by atoms with Crippen molar-refractivity contribution < 1.29 is 17.9 Å². The summed E-state index contributed by atoms with van der Waals surface area (Å²) in [6.45, 7) is 2.03. The maximum absolute atomic E-state index is 12.0. The van der Waals surface area contributed by atoms with Crippen molar-refractivity contribution in [3.63, 3.8) is 0 Å². The molecule has 16 heavy (non-hydrogen) atoms. The van der Waals surface area contributed by atoms with E-state index in [2.05, 4.69) is 9.72 Å². The van der Waals surface area contributed by atoms with E-state index < -0.39 is 16.0 Å². The van der Waals surface area contributed by atoms with Gasteiger partial charge in [-0.3, -0.25) is 0 Å². The Morgan fingerprint density at radius 1 is 1.62 bits per heavy atom. The van der Waals surface area contributed by atoms with Gasteiger partial charge in [0.15, 0.2) is 9.90 Å². The normalized spacial score (nSPS) is 11.8. The summed E-state index contributed by atoms with van der Waals surface area (Å²) in [5.74, 6) is -0.746. The summed E-state index contributed by atoms with van der Waals surface area (Å²) in [6.07, 6.45) is 0. The van der Waals surface area contributed by atoms with E-state index in [1.165, 1.54) is 19.7 Å². The van der Waals surface area contributed by atoms with Crippen LogP contribution in [0.2, 0.25) is 0 Å². The molecule has 0 unspecified atom stereocenters. The molecular formula is C8H12N2O4S2. The zero-order valence-corrected chi connectivity index (χ0v) is 10.8. The summed E-state index contributed by atoms with van der Waals surface area (Å²) in [5.41, 5.74) is 1.15. The lowest BCUT2D eigenvalue weighted by Gasteiger charge is -2.13. The van der Waals surface area contributed by atoms with E-state index in [0.29, 0.717) is 6.54 Å². The van der Waals surface area contributed by atoms with Gasteiger partial charge in [0.25, 0.3) is 10.0 Å². The Morgan fingerprint density at radius 2 is 2.25 bits per heavy atom. The van der Waals surface area contributed by atoms with Gasteiger partial charge >= 0.3 is 5.97 Å². The number of hydrogen-bond acceptors (Lipinski definition) is 6. The van der Waals surface area contributed by atoms with Crippen molar-refractivity contribution in [1.29, 1.82) is 0 Å². The molecule has 1 rings (SSSR count). The minimum absolute atomic E-state index is 0.0799. The molecule has 1 heterocycles. The van der Waals surface area contributed by atoms with E-state index in [9.17, 15) is 13.2 Å². The highest BCUT2D eigenvalue weighted by molar-refractivity contribution is 7.91. The molecule has 0 N–H and O–H groups in total. The fourth-order valence-corrected chi connectivity index (χ4v) is 3.46. The molecule has 0 radical (unpaired) electrons. The number of thiazole rings is 1. The number of rotatable bonds is 4. The molecule has 1 aromatic rings. The summed E-state index contributed by atoms with van der Waals surface area (Å²) >= 11 is 0.902. The first kappa shape index (κ1) is 13.1. The van der Waals surface area contributed by atoms with Gasteiger partial charge in [-0.1, -0.05) is 6.92 Å². The maximum Gasteiger partial charge on any atom is 0.358 e. The summed E-state index contributed by atoms with van der Waals surface area (Å²) in [4.78, 5) is 15.0. The van der Waals surface area contributed by atoms with Gasteiger partial charge in [0.1, 0.15) is 0 Å². The van der Waals surface area contributed by atoms with Crippen LogP contribution in [0.3, 0.4) is 0 Å². The quantitative estimate of drug-likeness (QED) is 0.743. The van der Waals surface area contributed by atoms with Crippen LogP contribution in [0.15, 0.2) is 9.72 Å². The largest absolute Gasteiger partial charge is 0.464 e. The van der Waals surface area contributed by atoms with Gasteiger partial charge in [0.2, 0.25) is 0 Å². The van der Waals surface area contributed by atoms with Crippen molar-refractivity contribution in [2.24, 2.45) is 0 Å².